The van der Waals surface area contributed by atoms with E-state index in [1.807, 2.05) is 0 Å². The molecule has 1 aliphatic rings. The van der Waals surface area contributed by atoms with Gasteiger partial charge in [-0.2, -0.15) is 0 Å². The van der Waals surface area contributed by atoms with Crippen LogP contribution in [0.15, 0.2) is 48.6 Å². The van der Waals surface area contributed by atoms with Crippen LogP contribution in [0.3, 0.4) is 0 Å². The Morgan fingerprint density at radius 1 is 0.447 bits per heavy atom. The van der Waals surface area contributed by atoms with Crippen LogP contribution in [0.2, 0.25) is 0 Å². The number of hydrogen-bond acceptors (Lipinski definition) is 10. The number of ether oxygens (including phenoxy) is 2. The van der Waals surface area contributed by atoms with Gasteiger partial charge in [-0.15, -0.1) is 0 Å². The molecule has 8 N–H and O–H groups in total. The number of unbranched alkanes of at least 4 members (excludes halogenated alkanes) is 35. The molecule has 0 aromatic heterocycles. The van der Waals surface area contributed by atoms with Crippen LogP contribution in [0.4, 0.5) is 0 Å². The Morgan fingerprint density at radius 3 is 1.17 bits per heavy atom. The smallest absolute Gasteiger partial charge is 0.249 e. The second kappa shape index (κ2) is 53.7. The first kappa shape index (κ1) is 72.1. The van der Waals surface area contributed by atoms with E-state index in [0.29, 0.717) is 19.3 Å². The highest BCUT2D eigenvalue weighted by molar-refractivity contribution is 5.80. The molecule has 76 heavy (non-hydrogen) atoms. The fourth-order valence-corrected chi connectivity index (χ4v) is 10.1. The van der Waals surface area contributed by atoms with Crippen molar-refractivity contribution in [3.05, 3.63) is 48.6 Å². The summed E-state index contributed by atoms with van der Waals surface area (Å²) in [4.78, 5) is 13.2. The van der Waals surface area contributed by atoms with Crippen LogP contribution in [0.25, 0.3) is 0 Å². The van der Waals surface area contributed by atoms with Gasteiger partial charge in [-0.25, -0.2) is 0 Å². The number of rotatable bonds is 55. The molecule has 0 saturated carbocycles. The maximum atomic E-state index is 13.2. The summed E-state index contributed by atoms with van der Waals surface area (Å²) in [6, 6.07) is -1.20. The molecular formula is C65H121NO10. The third-order valence-electron chi connectivity index (χ3n) is 15.3. The summed E-state index contributed by atoms with van der Waals surface area (Å²) in [5.74, 6) is -0.716. The summed E-state index contributed by atoms with van der Waals surface area (Å²) in [6.07, 6.45) is 57.6. The van der Waals surface area contributed by atoms with Gasteiger partial charge in [0.1, 0.15) is 36.6 Å². The van der Waals surface area contributed by atoms with Crippen molar-refractivity contribution in [3.63, 3.8) is 0 Å². The molecule has 0 radical (unpaired) electrons. The molecule has 0 spiro atoms. The Balaban J connectivity index is 2.29. The Morgan fingerprint density at radius 2 is 0.789 bits per heavy atom. The molecule has 0 aromatic carbocycles. The Bertz CT molecular complexity index is 1370. The predicted octanol–water partition coefficient (Wildman–Crippen LogP) is 14.4. The zero-order valence-corrected chi connectivity index (χ0v) is 49.0. The highest BCUT2D eigenvalue weighted by Crippen LogP contribution is 2.23. The second-order valence-corrected chi connectivity index (χ2v) is 22.5. The summed E-state index contributed by atoms with van der Waals surface area (Å²) < 4.78 is 11.1. The molecule has 1 aliphatic heterocycles. The third kappa shape index (κ3) is 41.1. The van der Waals surface area contributed by atoms with E-state index in [0.717, 1.165) is 64.2 Å². The van der Waals surface area contributed by atoms with Crippen molar-refractivity contribution in [2.45, 2.75) is 345 Å². The molecule has 9 unspecified atom stereocenters. The van der Waals surface area contributed by atoms with Gasteiger partial charge in [0, 0.05) is 0 Å². The van der Waals surface area contributed by atoms with E-state index in [2.05, 4.69) is 67.8 Å². The number of carbonyl (C=O) groups is 1. The lowest BCUT2D eigenvalue weighted by atomic mass is 9.98. The average molecular weight is 1080 g/mol. The first-order valence-corrected chi connectivity index (χ1v) is 32.0. The molecule has 0 aliphatic carbocycles. The first-order valence-electron chi connectivity index (χ1n) is 32.0. The highest BCUT2D eigenvalue weighted by Gasteiger charge is 2.44. The van der Waals surface area contributed by atoms with Crippen molar-refractivity contribution in [2.75, 3.05) is 13.2 Å². The Labute approximate surface area is 466 Å². The molecule has 1 amide bonds. The minimum Gasteiger partial charge on any atom is -0.394 e. The number of aliphatic hydroxyl groups excluding tert-OH is 7. The SMILES string of the molecule is CCCCCCCCCCC/C=C\CCCCCCCCC(O)C(=O)NC(COC1OC(CO)C(O)C(O)C1O)C(O)C(O)CCC/C=C/CC/C=C/CC/C=C/CCCCCCCCCCCCCCCCCCC. The van der Waals surface area contributed by atoms with Gasteiger partial charge in [-0.05, 0) is 89.9 Å². The molecule has 0 bridgehead atoms. The van der Waals surface area contributed by atoms with Crippen molar-refractivity contribution in [1.82, 2.24) is 5.32 Å². The molecule has 446 valence electrons. The van der Waals surface area contributed by atoms with E-state index in [1.54, 1.807) is 0 Å². The van der Waals surface area contributed by atoms with Crippen molar-refractivity contribution in [2.24, 2.45) is 0 Å². The van der Waals surface area contributed by atoms with Gasteiger partial charge in [0.15, 0.2) is 6.29 Å². The fraction of sp³-hybridized carbons (Fsp3) is 0.862. The van der Waals surface area contributed by atoms with Gasteiger partial charge < -0.3 is 50.5 Å². The van der Waals surface area contributed by atoms with E-state index in [4.69, 9.17) is 9.47 Å². The molecule has 0 aromatic rings. The largest absolute Gasteiger partial charge is 0.394 e. The number of hydrogen-bond donors (Lipinski definition) is 8. The van der Waals surface area contributed by atoms with Gasteiger partial charge in [-0.3, -0.25) is 4.79 Å². The van der Waals surface area contributed by atoms with E-state index >= 15 is 0 Å². The number of amides is 1. The van der Waals surface area contributed by atoms with Crippen LogP contribution < -0.4 is 5.32 Å². The molecule has 11 heteroatoms. The molecule has 9 atom stereocenters. The molecular weight excluding hydrogens is 955 g/mol. The quantitative estimate of drug-likeness (QED) is 0.0215. The molecule has 11 nitrogen and oxygen atoms in total. The van der Waals surface area contributed by atoms with Crippen molar-refractivity contribution < 1.29 is 50.0 Å². The molecule has 1 heterocycles. The minimum atomic E-state index is -1.68. The van der Waals surface area contributed by atoms with Gasteiger partial charge >= 0.3 is 0 Å². The lowest BCUT2D eigenvalue weighted by Crippen LogP contribution is -2.60. The molecule has 1 saturated heterocycles. The van der Waals surface area contributed by atoms with Gasteiger partial charge in [0.05, 0.1) is 25.4 Å². The van der Waals surface area contributed by atoms with Gasteiger partial charge in [0.25, 0.3) is 0 Å². The topological polar surface area (TPSA) is 189 Å². The Kier molecular flexibility index (Phi) is 50.9. The zero-order valence-electron chi connectivity index (χ0n) is 49.0. The summed E-state index contributed by atoms with van der Waals surface area (Å²) in [5, 5.41) is 76.2. The maximum absolute atomic E-state index is 13.2. The Hall–Kier alpha value is -1.93. The fourth-order valence-electron chi connectivity index (χ4n) is 10.1. The summed E-state index contributed by atoms with van der Waals surface area (Å²) in [5.41, 5.74) is 0. The first-order chi connectivity index (χ1) is 37.2. The van der Waals surface area contributed by atoms with Crippen LogP contribution >= 0.6 is 0 Å². The van der Waals surface area contributed by atoms with Crippen molar-refractivity contribution >= 4 is 5.91 Å². The number of carbonyl (C=O) groups excluding carboxylic acids is 1. The monoisotopic (exact) mass is 1080 g/mol. The maximum Gasteiger partial charge on any atom is 0.249 e. The number of allylic oxidation sites excluding steroid dienone is 8. The highest BCUT2D eigenvalue weighted by atomic mass is 16.7. The van der Waals surface area contributed by atoms with Crippen LogP contribution in [0, 0.1) is 0 Å². The van der Waals surface area contributed by atoms with Crippen LogP contribution in [0.5, 0.6) is 0 Å². The third-order valence-corrected chi connectivity index (χ3v) is 15.3. The van der Waals surface area contributed by atoms with E-state index in [9.17, 15) is 40.5 Å². The van der Waals surface area contributed by atoms with Crippen LogP contribution in [0.1, 0.15) is 290 Å². The zero-order chi connectivity index (χ0) is 55.4. The molecule has 1 rings (SSSR count). The lowest BCUT2D eigenvalue weighted by Gasteiger charge is -2.40. The standard InChI is InChI=1S/C65H121NO10/c1-3-5-7-9-11-13-15-17-19-21-23-24-25-26-27-28-29-30-31-32-33-35-36-38-40-42-44-46-48-50-52-57(68)60(70)56(55-75-65-63(73)62(72)61(71)59(54-67)76-65)66-64(74)58(69)53-51-49-47-45-43-41-39-37-34-22-20-18-16-14-12-10-8-6-4-2/h31-32,34,36-38,44,46,56-63,65,67-73H,3-30,33,35,39-43,45,47-55H2,1-2H3,(H,66,74)/b32-31+,37-34-,38-36+,46-44+. The predicted molar refractivity (Wildman–Crippen MR) is 316 cm³/mol. The normalized spacial score (nSPS) is 19.9. The van der Waals surface area contributed by atoms with Crippen LogP contribution in [-0.2, 0) is 14.3 Å². The van der Waals surface area contributed by atoms with Gasteiger partial charge in [-0.1, -0.05) is 249 Å². The van der Waals surface area contributed by atoms with Crippen molar-refractivity contribution in [3.8, 4) is 0 Å². The van der Waals surface area contributed by atoms with E-state index < -0.39 is 74.2 Å². The van der Waals surface area contributed by atoms with Crippen LogP contribution in [-0.4, -0.2) is 110 Å². The minimum absolute atomic E-state index is 0.239. The van der Waals surface area contributed by atoms with E-state index in [1.165, 1.54) is 180 Å². The average Bonchev–Trinajstić information content (AvgIpc) is 3.42. The van der Waals surface area contributed by atoms with E-state index in [-0.39, 0.29) is 12.8 Å². The number of nitrogens with one attached hydrogen (secondary N) is 1. The second-order valence-electron chi connectivity index (χ2n) is 22.5. The van der Waals surface area contributed by atoms with Gasteiger partial charge in [0.2, 0.25) is 5.91 Å². The number of aliphatic hydroxyl groups is 7. The lowest BCUT2D eigenvalue weighted by molar-refractivity contribution is -0.303. The molecule has 1 fully saturated rings. The van der Waals surface area contributed by atoms with Crippen molar-refractivity contribution in [1.29, 1.82) is 0 Å². The summed E-state index contributed by atoms with van der Waals surface area (Å²) in [7, 11) is 0. The summed E-state index contributed by atoms with van der Waals surface area (Å²) in [6.45, 7) is 3.46. The summed E-state index contributed by atoms with van der Waals surface area (Å²) >= 11 is 0.